The highest BCUT2D eigenvalue weighted by Gasteiger charge is 2.43. The zero-order valence-electron chi connectivity index (χ0n) is 11.5. The maximum Gasteiger partial charge on any atom is 0.303 e. The summed E-state index contributed by atoms with van der Waals surface area (Å²) in [6.45, 7) is 3.20. The van der Waals surface area contributed by atoms with Gasteiger partial charge in [-0.2, -0.15) is 0 Å². The summed E-state index contributed by atoms with van der Waals surface area (Å²) >= 11 is 0. The van der Waals surface area contributed by atoms with Crippen molar-refractivity contribution in [2.75, 3.05) is 6.61 Å². The van der Waals surface area contributed by atoms with Crippen molar-refractivity contribution in [1.82, 2.24) is 0 Å². The summed E-state index contributed by atoms with van der Waals surface area (Å²) in [4.78, 5) is 32.9. The van der Waals surface area contributed by atoms with Crippen molar-refractivity contribution in [3.05, 3.63) is 0 Å². The van der Waals surface area contributed by atoms with Crippen LogP contribution in [-0.2, 0) is 33.3 Å². The molecule has 7 nitrogen and oxygen atoms in total. The molecule has 0 spiro atoms. The number of carbonyl (C=O) groups is 3. The highest BCUT2D eigenvalue weighted by Crippen LogP contribution is 2.26. The predicted octanol–water partition coefficient (Wildman–Crippen LogP) is 0.497. The van der Waals surface area contributed by atoms with E-state index in [1.54, 1.807) is 0 Å². The lowest BCUT2D eigenvalue weighted by molar-refractivity contribution is -0.234. The van der Waals surface area contributed by atoms with Crippen LogP contribution in [0.15, 0.2) is 0 Å². The minimum atomic E-state index is -1.70. The molecule has 1 aliphatic rings. The molecular formula is C12H17FO7. The molecule has 0 N–H and O–H groups in total. The van der Waals surface area contributed by atoms with E-state index in [0.717, 1.165) is 13.8 Å². The minimum Gasteiger partial charge on any atom is -0.463 e. The number of ether oxygens (including phenoxy) is 4. The van der Waals surface area contributed by atoms with Gasteiger partial charge in [0.1, 0.15) is 18.8 Å². The van der Waals surface area contributed by atoms with Gasteiger partial charge in [-0.1, -0.05) is 0 Å². The zero-order valence-corrected chi connectivity index (χ0v) is 11.5. The second-order valence-electron chi connectivity index (χ2n) is 4.34. The first-order valence-corrected chi connectivity index (χ1v) is 6.07. The fourth-order valence-electron chi connectivity index (χ4n) is 1.88. The molecule has 1 aliphatic heterocycles. The van der Waals surface area contributed by atoms with Gasteiger partial charge >= 0.3 is 17.9 Å². The van der Waals surface area contributed by atoms with E-state index in [4.69, 9.17) is 18.9 Å². The van der Waals surface area contributed by atoms with Crippen molar-refractivity contribution in [2.45, 2.75) is 51.9 Å². The van der Waals surface area contributed by atoms with E-state index in [1.165, 1.54) is 6.92 Å². The standard InChI is InChI=1S/C12H17FO7/c1-6(14)17-5-10-12(19-8(3)16)9(18-7(2)15)4-11(13)20-10/h9-12H,4-5H2,1-3H3/t9-,10-,11+,12+/m1/s1. The Kier molecular flexibility index (Phi) is 5.87. The second kappa shape index (κ2) is 7.18. The third-order valence-corrected chi connectivity index (χ3v) is 2.54. The van der Waals surface area contributed by atoms with Crippen LogP contribution in [0.2, 0.25) is 0 Å². The fourth-order valence-corrected chi connectivity index (χ4v) is 1.88. The van der Waals surface area contributed by atoms with Crippen LogP contribution in [0, 0.1) is 0 Å². The normalized spacial score (nSPS) is 29.4. The van der Waals surface area contributed by atoms with Gasteiger partial charge in [0, 0.05) is 27.2 Å². The summed E-state index contributed by atoms with van der Waals surface area (Å²) in [5.41, 5.74) is 0. The lowest BCUT2D eigenvalue weighted by Crippen LogP contribution is -2.52. The maximum atomic E-state index is 13.5. The molecule has 0 aromatic carbocycles. The van der Waals surface area contributed by atoms with Crippen molar-refractivity contribution in [3.63, 3.8) is 0 Å². The number of esters is 3. The number of alkyl halides is 1. The molecule has 0 aliphatic carbocycles. The molecular weight excluding hydrogens is 275 g/mol. The largest absolute Gasteiger partial charge is 0.463 e. The van der Waals surface area contributed by atoms with Crippen molar-refractivity contribution >= 4 is 17.9 Å². The van der Waals surface area contributed by atoms with Crippen molar-refractivity contribution in [2.24, 2.45) is 0 Å². The maximum absolute atomic E-state index is 13.5. The molecule has 1 heterocycles. The highest BCUT2D eigenvalue weighted by molar-refractivity contribution is 5.67. The average molecular weight is 292 g/mol. The first-order chi connectivity index (χ1) is 9.29. The number of rotatable bonds is 4. The summed E-state index contributed by atoms with van der Waals surface area (Å²) in [6, 6.07) is 0. The minimum absolute atomic E-state index is 0.256. The molecule has 0 amide bonds. The molecule has 0 radical (unpaired) electrons. The Morgan fingerprint density at radius 1 is 1.10 bits per heavy atom. The molecule has 20 heavy (non-hydrogen) atoms. The lowest BCUT2D eigenvalue weighted by atomic mass is 10.0. The van der Waals surface area contributed by atoms with Gasteiger partial charge in [-0.15, -0.1) is 0 Å². The molecule has 1 fully saturated rings. The Bertz CT molecular complexity index is 384. The number of halogens is 1. The predicted molar refractivity (Wildman–Crippen MR) is 62.1 cm³/mol. The van der Waals surface area contributed by atoms with Gasteiger partial charge < -0.3 is 18.9 Å². The lowest BCUT2D eigenvalue weighted by Gasteiger charge is -2.37. The van der Waals surface area contributed by atoms with E-state index >= 15 is 0 Å². The topological polar surface area (TPSA) is 88.1 Å². The molecule has 114 valence electrons. The molecule has 0 unspecified atom stereocenters. The van der Waals surface area contributed by atoms with Gasteiger partial charge in [0.15, 0.2) is 6.10 Å². The Morgan fingerprint density at radius 3 is 2.20 bits per heavy atom. The first-order valence-electron chi connectivity index (χ1n) is 6.07. The van der Waals surface area contributed by atoms with Crippen molar-refractivity contribution in [3.8, 4) is 0 Å². The highest BCUT2D eigenvalue weighted by atomic mass is 19.1. The van der Waals surface area contributed by atoms with E-state index in [9.17, 15) is 18.8 Å². The van der Waals surface area contributed by atoms with Crippen molar-refractivity contribution in [1.29, 1.82) is 0 Å². The van der Waals surface area contributed by atoms with Crippen LogP contribution in [0.5, 0.6) is 0 Å². The Morgan fingerprint density at radius 2 is 1.70 bits per heavy atom. The summed E-state index contributed by atoms with van der Waals surface area (Å²) in [7, 11) is 0. The van der Waals surface area contributed by atoms with E-state index < -0.39 is 42.6 Å². The summed E-state index contributed by atoms with van der Waals surface area (Å²) in [5.74, 6) is -1.85. The molecule has 1 saturated heterocycles. The Labute approximate surface area is 115 Å². The molecule has 0 saturated carbocycles. The van der Waals surface area contributed by atoms with Crippen LogP contribution in [0.3, 0.4) is 0 Å². The number of carbonyl (C=O) groups excluding carboxylic acids is 3. The smallest absolute Gasteiger partial charge is 0.303 e. The third-order valence-electron chi connectivity index (χ3n) is 2.54. The van der Waals surface area contributed by atoms with Gasteiger partial charge in [0.2, 0.25) is 6.36 Å². The second-order valence-corrected chi connectivity index (χ2v) is 4.34. The fraction of sp³-hybridized carbons (Fsp3) is 0.750. The number of hydrogen-bond donors (Lipinski definition) is 0. The average Bonchev–Trinajstić information content (AvgIpc) is 2.28. The van der Waals surface area contributed by atoms with Crippen LogP contribution >= 0.6 is 0 Å². The van der Waals surface area contributed by atoms with Crippen molar-refractivity contribution < 1.29 is 37.7 Å². The number of hydrogen-bond acceptors (Lipinski definition) is 7. The van der Waals surface area contributed by atoms with Crippen LogP contribution in [0.25, 0.3) is 0 Å². The molecule has 8 heteroatoms. The van der Waals surface area contributed by atoms with Gasteiger partial charge in [0.05, 0.1) is 0 Å². The monoisotopic (exact) mass is 292 g/mol. The van der Waals surface area contributed by atoms with Gasteiger partial charge in [-0.25, -0.2) is 4.39 Å². The summed E-state index contributed by atoms with van der Waals surface area (Å²) in [5, 5.41) is 0. The van der Waals surface area contributed by atoms with E-state index in [1.807, 2.05) is 0 Å². The molecule has 0 aromatic heterocycles. The Hall–Kier alpha value is -1.70. The van der Waals surface area contributed by atoms with Crippen LogP contribution in [0.1, 0.15) is 27.2 Å². The first kappa shape index (κ1) is 16.4. The molecule has 0 bridgehead atoms. The van der Waals surface area contributed by atoms with Gasteiger partial charge in [0.25, 0.3) is 0 Å². The van der Waals surface area contributed by atoms with E-state index in [0.29, 0.717) is 0 Å². The third kappa shape index (κ3) is 5.12. The molecule has 0 aromatic rings. The van der Waals surface area contributed by atoms with E-state index in [-0.39, 0.29) is 13.0 Å². The molecule has 1 rings (SSSR count). The zero-order chi connectivity index (χ0) is 15.3. The van der Waals surface area contributed by atoms with Crippen LogP contribution in [-0.4, -0.2) is 49.2 Å². The van der Waals surface area contributed by atoms with E-state index in [2.05, 4.69) is 0 Å². The van der Waals surface area contributed by atoms with Crippen LogP contribution < -0.4 is 0 Å². The van der Waals surface area contributed by atoms with Gasteiger partial charge in [-0.3, -0.25) is 14.4 Å². The quantitative estimate of drug-likeness (QED) is 0.550. The van der Waals surface area contributed by atoms with Crippen LogP contribution in [0.4, 0.5) is 4.39 Å². The molecule has 4 atom stereocenters. The SMILES string of the molecule is CC(=O)OC[C@H]1O[C@H](F)C[C@@H](OC(C)=O)[C@@H]1OC(C)=O. The van der Waals surface area contributed by atoms with Gasteiger partial charge in [-0.05, 0) is 0 Å². The summed E-state index contributed by atoms with van der Waals surface area (Å²) < 4.78 is 33.1. The Balaban J connectivity index is 2.82. The summed E-state index contributed by atoms with van der Waals surface area (Å²) in [6.07, 6.45) is -5.00.